The Morgan fingerprint density at radius 2 is 1.40 bits per heavy atom. The summed E-state index contributed by atoms with van der Waals surface area (Å²) in [5.41, 5.74) is 14.2. The summed E-state index contributed by atoms with van der Waals surface area (Å²) in [6.45, 7) is 1.06. The molecule has 4 fully saturated rings. The van der Waals surface area contributed by atoms with Crippen molar-refractivity contribution in [3.05, 3.63) is 96.1 Å². The maximum atomic E-state index is 14.6. The number of carbonyl (C=O) groups is 3. The van der Waals surface area contributed by atoms with Gasteiger partial charge >= 0.3 is 0 Å². The van der Waals surface area contributed by atoms with Crippen molar-refractivity contribution in [1.82, 2.24) is 15.5 Å². The average molecular weight is 702 g/mol. The summed E-state index contributed by atoms with van der Waals surface area (Å²) < 4.78 is 0. The van der Waals surface area contributed by atoms with Gasteiger partial charge in [-0.25, -0.2) is 0 Å². The van der Waals surface area contributed by atoms with Crippen molar-refractivity contribution >= 4 is 39.3 Å². The molecule has 8 heteroatoms. The molecule has 0 radical (unpaired) electrons. The maximum Gasteiger partial charge on any atom is 0.239 e. The van der Waals surface area contributed by atoms with Crippen molar-refractivity contribution < 1.29 is 14.4 Å². The van der Waals surface area contributed by atoms with Crippen LogP contribution in [0.3, 0.4) is 0 Å². The number of nitrogens with two attached hydrogens (primary N) is 2. The van der Waals surface area contributed by atoms with Crippen LogP contribution in [0, 0.1) is 23.2 Å². The van der Waals surface area contributed by atoms with Gasteiger partial charge in [0.15, 0.2) is 0 Å². The van der Waals surface area contributed by atoms with E-state index in [4.69, 9.17) is 11.5 Å². The Bertz CT molecular complexity index is 1790. The first-order valence-corrected chi connectivity index (χ1v) is 19.5. The normalized spacial score (nSPS) is 23.0. The second-order valence-electron chi connectivity index (χ2n) is 16.2. The molecule has 4 aliphatic rings. The van der Waals surface area contributed by atoms with Gasteiger partial charge < -0.3 is 27.0 Å². The lowest BCUT2D eigenvalue weighted by atomic mass is 9.49. The fraction of sp³-hybridized carbons (Fsp3) is 0.477. The van der Waals surface area contributed by atoms with E-state index < -0.39 is 12.1 Å². The minimum absolute atomic E-state index is 0.00673. The van der Waals surface area contributed by atoms with Crippen LogP contribution in [0.5, 0.6) is 0 Å². The first-order chi connectivity index (χ1) is 25.3. The Morgan fingerprint density at radius 3 is 2.02 bits per heavy atom. The minimum atomic E-state index is -0.667. The number of carbonyl (C=O) groups excluding carboxylic acids is 3. The van der Waals surface area contributed by atoms with Crippen molar-refractivity contribution in [3.8, 4) is 0 Å². The van der Waals surface area contributed by atoms with E-state index in [-0.39, 0.29) is 36.2 Å². The van der Waals surface area contributed by atoms with E-state index in [0.29, 0.717) is 32.4 Å². The van der Waals surface area contributed by atoms with Crippen LogP contribution in [0.1, 0.15) is 75.3 Å². The first-order valence-electron chi connectivity index (χ1n) is 19.5. The summed E-state index contributed by atoms with van der Waals surface area (Å²) in [6.07, 6.45) is 10.4. The second-order valence-corrected chi connectivity index (χ2v) is 16.2. The summed E-state index contributed by atoms with van der Waals surface area (Å²) in [6, 6.07) is 27.6. The molecule has 6 N–H and O–H groups in total. The van der Waals surface area contributed by atoms with Crippen molar-refractivity contribution in [1.29, 1.82) is 0 Å². The number of benzene rings is 4. The van der Waals surface area contributed by atoms with E-state index >= 15 is 0 Å². The van der Waals surface area contributed by atoms with Crippen LogP contribution in [-0.4, -0.2) is 54.3 Å². The Kier molecular flexibility index (Phi) is 11.2. The topological polar surface area (TPSA) is 131 Å². The molecule has 0 spiro atoms. The lowest BCUT2D eigenvalue weighted by Gasteiger charge is -2.57. The molecule has 0 heterocycles. The zero-order valence-corrected chi connectivity index (χ0v) is 30.4. The van der Waals surface area contributed by atoms with Crippen LogP contribution in [0.4, 0.5) is 0 Å². The number of amides is 3. The van der Waals surface area contributed by atoms with Gasteiger partial charge in [-0.2, -0.15) is 0 Å². The Morgan fingerprint density at radius 1 is 0.808 bits per heavy atom. The highest BCUT2D eigenvalue weighted by molar-refractivity contribution is 6.02. The van der Waals surface area contributed by atoms with E-state index in [1.165, 1.54) is 19.3 Å². The molecule has 4 saturated carbocycles. The molecule has 4 bridgehead atoms. The summed E-state index contributed by atoms with van der Waals surface area (Å²) in [7, 11) is 0. The van der Waals surface area contributed by atoms with Crippen LogP contribution in [0.2, 0.25) is 0 Å². The number of fused-ring (bicyclic) bond motifs is 2. The summed E-state index contributed by atoms with van der Waals surface area (Å²) >= 11 is 0. The molecule has 3 amide bonds. The van der Waals surface area contributed by atoms with E-state index in [0.717, 1.165) is 82.5 Å². The quantitative estimate of drug-likeness (QED) is 0.0814. The molecule has 0 aromatic heterocycles. The molecule has 2 atom stereocenters. The number of rotatable bonds is 16. The molecule has 52 heavy (non-hydrogen) atoms. The van der Waals surface area contributed by atoms with Gasteiger partial charge in [-0.1, -0.05) is 85.3 Å². The van der Waals surface area contributed by atoms with E-state index in [2.05, 4.69) is 41.0 Å². The predicted octanol–water partition coefficient (Wildman–Crippen LogP) is 6.23. The summed E-state index contributed by atoms with van der Waals surface area (Å²) in [4.78, 5) is 43.7. The van der Waals surface area contributed by atoms with Crippen molar-refractivity contribution in [3.63, 3.8) is 0 Å². The van der Waals surface area contributed by atoms with Gasteiger partial charge in [-0.15, -0.1) is 0 Å². The predicted molar refractivity (Wildman–Crippen MR) is 208 cm³/mol. The number of nitrogens with zero attached hydrogens (tertiary/aromatic N) is 1. The minimum Gasteiger partial charge on any atom is -0.350 e. The Balaban J connectivity index is 1.12. The van der Waals surface area contributed by atoms with Gasteiger partial charge in [0, 0.05) is 19.5 Å². The van der Waals surface area contributed by atoms with Crippen molar-refractivity contribution in [2.45, 2.75) is 89.3 Å². The van der Waals surface area contributed by atoms with Crippen LogP contribution < -0.4 is 22.1 Å². The van der Waals surface area contributed by atoms with Crippen LogP contribution in [0.15, 0.2) is 84.9 Å². The van der Waals surface area contributed by atoms with Crippen LogP contribution >= 0.6 is 0 Å². The molecule has 4 aromatic carbocycles. The smallest absolute Gasteiger partial charge is 0.239 e. The third-order valence-electron chi connectivity index (χ3n) is 12.1. The molecule has 0 aliphatic heterocycles. The lowest BCUT2D eigenvalue weighted by Crippen LogP contribution is -2.54. The number of hydrogen-bond acceptors (Lipinski definition) is 5. The first kappa shape index (κ1) is 36.1. The summed E-state index contributed by atoms with van der Waals surface area (Å²) in [5, 5.41) is 10.8. The largest absolute Gasteiger partial charge is 0.350 e. The number of unbranched alkanes of at least 4 members (excludes halogenated alkanes) is 1. The molecule has 274 valence electrons. The van der Waals surface area contributed by atoms with E-state index in [1.807, 2.05) is 54.6 Å². The SMILES string of the molecule is NCCCC[C@H](N)C(=O)N[C@@H](Cc1ccccc1)CN(CC(=O)NCc1c2ccccc2cc2ccccc12)C(=O)C[C@]12CC3C[C@H](C[C@H](C3)C1)C2. The highest BCUT2D eigenvalue weighted by Crippen LogP contribution is 2.61. The molecule has 8 rings (SSSR count). The summed E-state index contributed by atoms with van der Waals surface area (Å²) in [5.74, 6) is 1.72. The maximum absolute atomic E-state index is 14.6. The molecule has 4 aliphatic carbocycles. The second kappa shape index (κ2) is 16.2. The van der Waals surface area contributed by atoms with Crippen LogP contribution in [-0.2, 0) is 27.3 Å². The van der Waals surface area contributed by atoms with Crippen molar-refractivity contribution in [2.75, 3.05) is 19.6 Å². The lowest BCUT2D eigenvalue weighted by molar-refractivity contribution is -0.143. The Hall–Kier alpha value is -4.27. The van der Waals surface area contributed by atoms with Crippen LogP contribution in [0.25, 0.3) is 21.5 Å². The molecule has 0 saturated heterocycles. The van der Waals surface area contributed by atoms with E-state index in [9.17, 15) is 14.4 Å². The monoisotopic (exact) mass is 701 g/mol. The Labute approximate surface area is 308 Å². The van der Waals surface area contributed by atoms with Gasteiger partial charge in [0.25, 0.3) is 0 Å². The fourth-order valence-electron chi connectivity index (χ4n) is 10.2. The molecule has 8 nitrogen and oxygen atoms in total. The molecule has 0 unspecified atom stereocenters. The highest BCUT2D eigenvalue weighted by atomic mass is 16.2. The van der Waals surface area contributed by atoms with Gasteiger partial charge in [-0.3, -0.25) is 14.4 Å². The van der Waals surface area contributed by atoms with Gasteiger partial charge in [0.1, 0.15) is 0 Å². The zero-order valence-electron chi connectivity index (χ0n) is 30.4. The van der Waals surface area contributed by atoms with Gasteiger partial charge in [0.05, 0.1) is 18.6 Å². The van der Waals surface area contributed by atoms with Gasteiger partial charge in [-0.05, 0) is 126 Å². The average Bonchev–Trinajstić information content (AvgIpc) is 3.12. The number of nitrogens with one attached hydrogen (secondary N) is 2. The standard InChI is InChI=1S/C44H55N5O3/c45-17-9-8-16-40(46)43(52)48-36(21-30-10-2-1-3-11-30)28-49(42(51)26-44-23-31-18-32(24-44)20-33(19-31)25-44)29-41(50)47-27-39-37-14-6-4-12-34(37)22-35-13-5-7-15-38(35)39/h1-7,10-15,22,31-33,36,40H,8-9,16-21,23-29,45-46H2,(H,47,50)(H,48,52)/t31-,32+,33?,36-,40-,44-/m0/s1. The van der Waals surface area contributed by atoms with Gasteiger partial charge in [0.2, 0.25) is 17.7 Å². The van der Waals surface area contributed by atoms with E-state index in [1.54, 1.807) is 4.90 Å². The third kappa shape index (κ3) is 8.50. The fourth-order valence-corrected chi connectivity index (χ4v) is 10.2. The highest BCUT2D eigenvalue weighted by Gasteiger charge is 2.52. The molecular formula is C44H55N5O3. The molecular weight excluding hydrogens is 647 g/mol. The van der Waals surface area contributed by atoms with Crippen molar-refractivity contribution in [2.24, 2.45) is 34.6 Å². The molecule has 4 aromatic rings. The number of hydrogen-bond donors (Lipinski definition) is 4. The third-order valence-corrected chi connectivity index (χ3v) is 12.1. The zero-order chi connectivity index (χ0) is 36.1.